The van der Waals surface area contributed by atoms with Crippen molar-refractivity contribution in [3.8, 4) is 5.75 Å². The van der Waals surface area contributed by atoms with Gasteiger partial charge in [-0.15, -0.1) is 0 Å². The highest BCUT2D eigenvalue weighted by molar-refractivity contribution is 5.96. The molecule has 0 saturated carbocycles. The Balaban J connectivity index is 1.54. The SMILES string of the molecule is CC1(C)[C@H]2Cc3c(O)cccc3[C@]1(C)CCN2C(=O)c1ccc2c(c1)CC(=O)C2. The number of carbonyl (C=O) groups excluding carboxylic acids is 2. The first-order valence-corrected chi connectivity index (χ1v) is 10.5. The quantitative estimate of drug-likeness (QED) is 0.807. The van der Waals surface area contributed by atoms with Crippen molar-refractivity contribution in [3.05, 3.63) is 64.2 Å². The van der Waals surface area contributed by atoms with Gasteiger partial charge in [-0.3, -0.25) is 9.59 Å². The molecule has 1 fully saturated rings. The Labute approximate surface area is 171 Å². The van der Waals surface area contributed by atoms with Crippen molar-refractivity contribution >= 4 is 11.7 Å². The molecule has 2 atom stereocenters. The fourth-order valence-electron chi connectivity index (χ4n) is 5.92. The van der Waals surface area contributed by atoms with Gasteiger partial charge >= 0.3 is 0 Å². The van der Waals surface area contributed by atoms with Gasteiger partial charge in [0.15, 0.2) is 0 Å². The van der Waals surface area contributed by atoms with Crippen LogP contribution in [0.25, 0.3) is 0 Å². The molecule has 2 bridgehead atoms. The number of Topliss-reactive ketones (excluding diaryl/α,β-unsaturated/α-hetero) is 1. The maximum Gasteiger partial charge on any atom is 0.254 e. The first-order valence-electron chi connectivity index (χ1n) is 10.5. The van der Waals surface area contributed by atoms with Crippen LogP contribution in [0.2, 0.25) is 0 Å². The highest BCUT2D eigenvalue weighted by Crippen LogP contribution is 2.57. The number of hydrogen-bond acceptors (Lipinski definition) is 3. The Morgan fingerprint density at radius 3 is 2.66 bits per heavy atom. The number of carbonyl (C=O) groups is 2. The number of phenolic OH excluding ortho intramolecular Hbond substituents is 1. The van der Waals surface area contributed by atoms with Crippen molar-refractivity contribution in [2.45, 2.75) is 57.9 Å². The molecule has 3 aliphatic rings. The molecule has 2 aromatic rings. The van der Waals surface area contributed by atoms with Gasteiger partial charge in [0.2, 0.25) is 0 Å². The predicted molar refractivity (Wildman–Crippen MR) is 111 cm³/mol. The second-order valence-electron chi connectivity index (χ2n) is 9.70. The third-order valence-corrected chi connectivity index (χ3v) is 8.12. The summed E-state index contributed by atoms with van der Waals surface area (Å²) in [7, 11) is 0. The van der Waals surface area contributed by atoms with Gasteiger partial charge in [0.05, 0.1) is 0 Å². The van der Waals surface area contributed by atoms with Crippen LogP contribution in [0.15, 0.2) is 36.4 Å². The number of fused-ring (bicyclic) bond motifs is 5. The van der Waals surface area contributed by atoms with Crippen molar-refractivity contribution in [3.63, 3.8) is 0 Å². The molecule has 29 heavy (non-hydrogen) atoms. The Morgan fingerprint density at radius 2 is 1.86 bits per heavy atom. The molecule has 0 unspecified atom stereocenters. The van der Waals surface area contributed by atoms with Gasteiger partial charge in [0, 0.05) is 36.4 Å². The number of phenols is 1. The molecule has 1 amide bonds. The van der Waals surface area contributed by atoms with Crippen molar-refractivity contribution in [1.82, 2.24) is 4.90 Å². The van der Waals surface area contributed by atoms with E-state index in [4.69, 9.17) is 0 Å². The van der Waals surface area contributed by atoms with Crippen LogP contribution in [0.3, 0.4) is 0 Å². The van der Waals surface area contributed by atoms with Crippen LogP contribution in [0.5, 0.6) is 5.75 Å². The topological polar surface area (TPSA) is 57.6 Å². The van der Waals surface area contributed by atoms with Crippen LogP contribution < -0.4 is 0 Å². The van der Waals surface area contributed by atoms with E-state index in [0.717, 1.165) is 23.1 Å². The molecule has 1 heterocycles. The summed E-state index contributed by atoms with van der Waals surface area (Å²) in [5.74, 6) is 0.588. The number of amides is 1. The third-order valence-electron chi connectivity index (χ3n) is 8.12. The summed E-state index contributed by atoms with van der Waals surface area (Å²) < 4.78 is 0. The summed E-state index contributed by atoms with van der Waals surface area (Å²) in [5.41, 5.74) is 4.71. The summed E-state index contributed by atoms with van der Waals surface area (Å²) >= 11 is 0. The normalized spacial score (nSPS) is 26.8. The first-order chi connectivity index (χ1) is 13.7. The average Bonchev–Trinajstić information content (AvgIpc) is 3.04. The minimum atomic E-state index is -0.117. The highest BCUT2D eigenvalue weighted by Gasteiger charge is 2.57. The zero-order valence-electron chi connectivity index (χ0n) is 17.3. The zero-order valence-corrected chi connectivity index (χ0v) is 17.3. The van der Waals surface area contributed by atoms with Crippen molar-refractivity contribution in [2.75, 3.05) is 6.54 Å². The van der Waals surface area contributed by atoms with E-state index in [0.29, 0.717) is 37.1 Å². The monoisotopic (exact) mass is 389 g/mol. The lowest BCUT2D eigenvalue weighted by molar-refractivity contribution is -0.117. The van der Waals surface area contributed by atoms with E-state index in [2.05, 4.69) is 26.8 Å². The molecule has 4 heteroatoms. The maximum atomic E-state index is 13.5. The van der Waals surface area contributed by atoms with Crippen molar-refractivity contribution < 1.29 is 14.7 Å². The van der Waals surface area contributed by atoms with Crippen LogP contribution in [0.1, 0.15) is 59.8 Å². The van der Waals surface area contributed by atoms with Crippen LogP contribution >= 0.6 is 0 Å². The molecular weight excluding hydrogens is 362 g/mol. The van der Waals surface area contributed by atoms with E-state index in [1.54, 1.807) is 6.07 Å². The summed E-state index contributed by atoms with van der Waals surface area (Å²) in [4.78, 5) is 27.3. The van der Waals surface area contributed by atoms with Crippen LogP contribution in [-0.4, -0.2) is 34.3 Å². The molecule has 0 spiro atoms. The number of ketones is 1. The van der Waals surface area contributed by atoms with E-state index < -0.39 is 0 Å². The second-order valence-corrected chi connectivity index (χ2v) is 9.70. The standard InChI is InChI=1S/C25H27NO3/c1-24(2)22-14-19-20(5-4-6-21(19)28)25(24,3)9-10-26(22)23(29)16-8-7-15-12-18(27)13-17(15)11-16/h4-8,11,22,28H,9-10,12-14H2,1-3H3/t22-,25+/m1/s1. The third kappa shape index (κ3) is 2.44. The molecule has 1 aliphatic heterocycles. The summed E-state index contributed by atoms with van der Waals surface area (Å²) in [6.07, 6.45) is 2.45. The van der Waals surface area contributed by atoms with Crippen molar-refractivity contribution in [1.29, 1.82) is 0 Å². The van der Waals surface area contributed by atoms with Crippen molar-refractivity contribution in [2.24, 2.45) is 5.41 Å². The maximum absolute atomic E-state index is 13.5. The predicted octanol–water partition coefficient (Wildman–Crippen LogP) is 3.81. The molecule has 5 rings (SSSR count). The minimum Gasteiger partial charge on any atom is -0.508 e. The second kappa shape index (κ2) is 5.94. The number of hydrogen-bond donors (Lipinski definition) is 1. The lowest BCUT2D eigenvalue weighted by Crippen LogP contribution is -2.64. The minimum absolute atomic E-state index is 0.0180. The van der Waals surface area contributed by atoms with Crippen LogP contribution in [-0.2, 0) is 29.5 Å². The van der Waals surface area contributed by atoms with E-state index >= 15 is 0 Å². The fraction of sp³-hybridized carbons (Fsp3) is 0.440. The largest absolute Gasteiger partial charge is 0.508 e. The van der Waals surface area contributed by atoms with E-state index in [-0.39, 0.29) is 28.6 Å². The fourth-order valence-corrected chi connectivity index (χ4v) is 5.92. The molecular formula is C25H27NO3. The average molecular weight is 389 g/mol. The molecule has 150 valence electrons. The highest BCUT2D eigenvalue weighted by atomic mass is 16.3. The smallest absolute Gasteiger partial charge is 0.254 e. The number of rotatable bonds is 1. The number of benzene rings is 2. The lowest BCUT2D eigenvalue weighted by atomic mass is 9.51. The molecule has 0 radical (unpaired) electrons. The van der Waals surface area contributed by atoms with Gasteiger partial charge in [0.1, 0.15) is 11.5 Å². The number of likely N-dealkylation sites (tertiary alicyclic amines) is 1. The summed E-state index contributed by atoms with van der Waals surface area (Å²) in [5, 5.41) is 10.5. The Bertz CT molecular complexity index is 1050. The van der Waals surface area contributed by atoms with Gasteiger partial charge in [-0.1, -0.05) is 39.0 Å². The molecule has 2 aromatic carbocycles. The Kier molecular flexibility index (Phi) is 3.77. The van der Waals surface area contributed by atoms with Gasteiger partial charge < -0.3 is 10.0 Å². The van der Waals surface area contributed by atoms with Gasteiger partial charge in [-0.2, -0.15) is 0 Å². The Hall–Kier alpha value is -2.62. The first kappa shape index (κ1) is 18.4. The van der Waals surface area contributed by atoms with Gasteiger partial charge in [0.25, 0.3) is 5.91 Å². The summed E-state index contributed by atoms with van der Waals surface area (Å²) in [6.45, 7) is 7.49. The summed E-state index contributed by atoms with van der Waals surface area (Å²) in [6, 6.07) is 11.6. The van der Waals surface area contributed by atoms with Gasteiger partial charge in [-0.05, 0) is 58.7 Å². The molecule has 1 saturated heterocycles. The molecule has 2 aliphatic carbocycles. The number of piperidine rings is 1. The number of nitrogens with zero attached hydrogens (tertiary/aromatic N) is 1. The van der Waals surface area contributed by atoms with E-state index in [1.165, 1.54) is 5.56 Å². The molecule has 4 nitrogen and oxygen atoms in total. The lowest BCUT2D eigenvalue weighted by Gasteiger charge is -2.60. The van der Waals surface area contributed by atoms with Crippen LogP contribution in [0, 0.1) is 5.41 Å². The molecule has 1 N–H and O–H groups in total. The van der Waals surface area contributed by atoms with Gasteiger partial charge in [-0.25, -0.2) is 0 Å². The van der Waals surface area contributed by atoms with E-state index in [1.807, 2.05) is 29.2 Å². The van der Waals surface area contributed by atoms with E-state index in [9.17, 15) is 14.7 Å². The Morgan fingerprint density at radius 1 is 1.10 bits per heavy atom. The number of aromatic hydroxyl groups is 1. The zero-order chi connectivity index (χ0) is 20.6. The van der Waals surface area contributed by atoms with Crippen LogP contribution in [0.4, 0.5) is 0 Å². The molecule has 0 aromatic heterocycles.